The number of fused-ring (bicyclic) bond motifs is 1. The SMILES string of the molecule is O/N=C1/CC/C(=N\O)c2ccccc21. The first-order chi connectivity index (χ1) is 6.86. The molecule has 1 aliphatic rings. The Hall–Kier alpha value is -1.84. The largest absolute Gasteiger partial charge is 0.411 e. The van der Waals surface area contributed by atoms with Gasteiger partial charge < -0.3 is 10.4 Å². The van der Waals surface area contributed by atoms with Crippen molar-refractivity contribution < 1.29 is 10.4 Å². The van der Waals surface area contributed by atoms with Crippen LogP contribution in [0.5, 0.6) is 0 Å². The Morgan fingerprint density at radius 2 is 1.29 bits per heavy atom. The molecular weight excluding hydrogens is 180 g/mol. The number of benzene rings is 1. The molecule has 2 rings (SSSR count). The average Bonchev–Trinajstić information content (AvgIpc) is 2.27. The van der Waals surface area contributed by atoms with Gasteiger partial charge in [-0.2, -0.15) is 0 Å². The quantitative estimate of drug-likeness (QED) is 0.484. The highest BCUT2D eigenvalue weighted by Gasteiger charge is 2.20. The van der Waals surface area contributed by atoms with Crippen molar-refractivity contribution in [2.24, 2.45) is 10.3 Å². The number of hydrogen-bond acceptors (Lipinski definition) is 4. The van der Waals surface area contributed by atoms with Gasteiger partial charge in [-0.25, -0.2) is 0 Å². The van der Waals surface area contributed by atoms with Crippen LogP contribution >= 0.6 is 0 Å². The lowest BCUT2D eigenvalue weighted by Crippen LogP contribution is -2.18. The summed E-state index contributed by atoms with van der Waals surface area (Å²) in [5, 5.41) is 24.0. The summed E-state index contributed by atoms with van der Waals surface area (Å²) in [4.78, 5) is 0. The molecule has 1 aromatic rings. The van der Waals surface area contributed by atoms with E-state index >= 15 is 0 Å². The summed E-state index contributed by atoms with van der Waals surface area (Å²) >= 11 is 0. The summed E-state index contributed by atoms with van der Waals surface area (Å²) in [6.07, 6.45) is 1.21. The zero-order valence-corrected chi connectivity index (χ0v) is 7.51. The molecule has 4 heteroatoms. The summed E-state index contributed by atoms with van der Waals surface area (Å²) in [5.74, 6) is 0. The molecule has 0 fully saturated rings. The number of nitrogens with zero attached hydrogens (tertiary/aromatic N) is 2. The standard InChI is InChI=1S/C10H10N2O2/c13-11-9-5-6-10(12-14)8-4-2-1-3-7(8)9/h1-4,13-14H,5-6H2/b11-9-,12-10+. The van der Waals surface area contributed by atoms with Crippen LogP contribution in [0.4, 0.5) is 0 Å². The minimum Gasteiger partial charge on any atom is -0.411 e. The normalized spacial score (nSPS) is 21.1. The van der Waals surface area contributed by atoms with Crippen molar-refractivity contribution in [1.29, 1.82) is 0 Å². The van der Waals surface area contributed by atoms with Crippen molar-refractivity contribution in [3.05, 3.63) is 35.4 Å². The van der Waals surface area contributed by atoms with E-state index in [9.17, 15) is 0 Å². The van der Waals surface area contributed by atoms with Crippen LogP contribution in [0.2, 0.25) is 0 Å². The second-order valence-corrected chi connectivity index (χ2v) is 3.14. The van der Waals surface area contributed by atoms with Crippen molar-refractivity contribution in [2.75, 3.05) is 0 Å². The minimum absolute atomic E-state index is 0.604. The van der Waals surface area contributed by atoms with Gasteiger partial charge in [0, 0.05) is 11.1 Å². The van der Waals surface area contributed by atoms with Crippen LogP contribution in [0.1, 0.15) is 24.0 Å². The predicted molar refractivity (Wildman–Crippen MR) is 52.3 cm³/mol. The van der Waals surface area contributed by atoms with E-state index < -0.39 is 0 Å². The van der Waals surface area contributed by atoms with Crippen LogP contribution in [0.15, 0.2) is 34.6 Å². The fourth-order valence-electron chi connectivity index (χ4n) is 1.70. The Kier molecular flexibility index (Phi) is 2.18. The first-order valence-corrected chi connectivity index (χ1v) is 4.38. The van der Waals surface area contributed by atoms with Gasteiger partial charge in [0.15, 0.2) is 0 Å². The zero-order valence-electron chi connectivity index (χ0n) is 7.51. The number of hydrogen-bond donors (Lipinski definition) is 2. The molecular formula is C10H10N2O2. The fraction of sp³-hybridized carbons (Fsp3) is 0.200. The van der Waals surface area contributed by atoms with Crippen LogP contribution in [0.3, 0.4) is 0 Å². The Bertz CT molecular complexity index is 371. The van der Waals surface area contributed by atoms with Crippen molar-refractivity contribution in [1.82, 2.24) is 0 Å². The summed E-state index contributed by atoms with van der Waals surface area (Å²) in [5.41, 5.74) is 2.98. The molecule has 2 N–H and O–H groups in total. The molecule has 72 valence electrons. The van der Waals surface area contributed by atoms with Crippen molar-refractivity contribution in [3.8, 4) is 0 Å². The Morgan fingerprint density at radius 1 is 0.857 bits per heavy atom. The first-order valence-electron chi connectivity index (χ1n) is 4.38. The smallest absolute Gasteiger partial charge is 0.0878 e. The molecule has 0 spiro atoms. The zero-order chi connectivity index (χ0) is 9.97. The third-order valence-electron chi connectivity index (χ3n) is 2.39. The van der Waals surface area contributed by atoms with Gasteiger partial charge in [0.25, 0.3) is 0 Å². The topological polar surface area (TPSA) is 65.2 Å². The van der Waals surface area contributed by atoms with Gasteiger partial charge in [-0.1, -0.05) is 34.6 Å². The number of rotatable bonds is 0. The molecule has 0 saturated heterocycles. The highest BCUT2D eigenvalue weighted by atomic mass is 16.4. The van der Waals surface area contributed by atoms with Crippen molar-refractivity contribution >= 4 is 11.4 Å². The van der Waals surface area contributed by atoms with E-state index in [-0.39, 0.29) is 0 Å². The van der Waals surface area contributed by atoms with Crippen molar-refractivity contribution in [2.45, 2.75) is 12.8 Å². The van der Waals surface area contributed by atoms with Crippen LogP contribution in [-0.2, 0) is 0 Å². The summed E-state index contributed by atoms with van der Waals surface area (Å²) < 4.78 is 0. The molecule has 4 nitrogen and oxygen atoms in total. The van der Waals surface area contributed by atoms with Gasteiger partial charge in [0.1, 0.15) is 0 Å². The van der Waals surface area contributed by atoms with Gasteiger partial charge in [-0.05, 0) is 12.8 Å². The average molecular weight is 190 g/mol. The van der Waals surface area contributed by atoms with E-state index in [1.807, 2.05) is 24.3 Å². The summed E-state index contributed by atoms with van der Waals surface area (Å²) in [6.45, 7) is 0. The van der Waals surface area contributed by atoms with Crippen molar-refractivity contribution in [3.63, 3.8) is 0 Å². The van der Waals surface area contributed by atoms with E-state index in [0.29, 0.717) is 24.3 Å². The Morgan fingerprint density at radius 3 is 1.64 bits per heavy atom. The fourth-order valence-corrected chi connectivity index (χ4v) is 1.70. The maximum absolute atomic E-state index is 8.78. The van der Waals surface area contributed by atoms with Gasteiger partial charge >= 0.3 is 0 Å². The third-order valence-corrected chi connectivity index (χ3v) is 2.39. The Balaban J connectivity index is 2.60. The monoisotopic (exact) mass is 190 g/mol. The molecule has 1 aromatic carbocycles. The molecule has 0 amide bonds. The van der Waals surface area contributed by atoms with Gasteiger partial charge in [-0.15, -0.1) is 0 Å². The van der Waals surface area contributed by atoms with E-state index in [1.54, 1.807) is 0 Å². The highest BCUT2D eigenvalue weighted by Crippen LogP contribution is 2.21. The van der Waals surface area contributed by atoms with Gasteiger partial charge in [-0.3, -0.25) is 0 Å². The highest BCUT2D eigenvalue weighted by molar-refractivity contribution is 6.17. The van der Waals surface area contributed by atoms with Gasteiger partial charge in [0.2, 0.25) is 0 Å². The lowest BCUT2D eigenvalue weighted by Gasteiger charge is -2.16. The minimum atomic E-state index is 0.604. The molecule has 0 bridgehead atoms. The lowest BCUT2D eigenvalue weighted by atomic mass is 9.89. The molecule has 0 unspecified atom stereocenters. The summed E-state index contributed by atoms with van der Waals surface area (Å²) in [6, 6.07) is 7.44. The van der Waals surface area contributed by atoms with Crippen LogP contribution in [0.25, 0.3) is 0 Å². The van der Waals surface area contributed by atoms with Crippen LogP contribution in [-0.4, -0.2) is 21.8 Å². The van der Waals surface area contributed by atoms with Gasteiger partial charge in [0.05, 0.1) is 11.4 Å². The van der Waals surface area contributed by atoms with E-state index in [0.717, 1.165) is 11.1 Å². The maximum Gasteiger partial charge on any atom is 0.0878 e. The van der Waals surface area contributed by atoms with E-state index in [1.165, 1.54) is 0 Å². The second-order valence-electron chi connectivity index (χ2n) is 3.14. The lowest BCUT2D eigenvalue weighted by molar-refractivity contribution is 0.315. The number of oxime groups is 2. The predicted octanol–water partition coefficient (Wildman–Crippen LogP) is 1.84. The molecule has 0 heterocycles. The van der Waals surface area contributed by atoms with Crippen LogP contribution < -0.4 is 0 Å². The summed E-state index contributed by atoms with van der Waals surface area (Å²) in [7, 11) is 0. The first kappa shape index (κ1) is 8.74. The molecule has 0 aromatic heterocycles. The Labute approximate surface area is 81.2 Å². The molecule has 0 radical (unpaired) electrons. The molecule has 0 saturated carbocycles. The van der Waals surface area contributed by atoms with Crippen LogP contribution in [0, 0.1) is 0 Å². The molecule has 14 heavy (non-hydrogen) atoms. The van der Waals surface area contributed by atoms with E-state index in [4.69, 9.17) is 10.4 Å². The molecule has 0 aliphatic heterocycles. The maximum atomic E-state index is 8.78. The molecule has 0 atom stereocenters. The van der Waals surface area contributed by atoms with E-state index in [2.05, 4.69) is 10.3 Å². The molecule has 1 aliphatic carbocycles. The third kappa shape index (κ3) is 1.25. The second kappa shape index (κ2) is 3.49.